The van der Waals surface area contributed by atoms with E-state index in [9.17, 15) is 37.2 Å². The van der Waals surface area contributed by atoms with Gasteiger partial charge in [-0.3, -0.25) is 4.55 Å². The first-order valence-corrected chi connectivity index (χ1v) is 13.8. The van der Waals surface area contributed by atoms with E-state index in [0.717, 1.165) is 6.07 Å². The number of benzene rings is 4. The Bertz CT molecular complexity index is 1790. The van der Waals surface area contributed by atoms with Gasteiger partial charge in [0, 0.05) is 0 Å². The van der Waals surface area contributed by atoms with Crippen LogP contribution >= 0.6 is 0 Å². The molecule has 7 N–H and O–H groups in total. The largest absolute Gasteiger partial charge is 0.478 e. The molecule has 0 fully saturated rings. The van der Waals surface area contributed by atoms with Gasteiger partial charge in [0.2, 0.25) is 0 Å². The van der Waals surface area contributed by atoms with Crippen molar-refractivity contribution in [2.45, 2.75) is 4.90 Å². The van der Waals surface area contributed by atoms with Crippen molar-refractivity contribution in [3.63, 3.8) is 0 Å². The third-order valence-electron chi connectivity index (χ3n) is 5.52. The maximum absolute atomic E-state index is 10.8. The molecule has 0 heterocycles. The molecular weight excluding hydrogens is 648 g/mol. The summed E-state index contributed by atoms with van der Waals surface area (Å²) in [5.41, 5.74) is -0.554. The molecule has 0 aliphatic rings. The van der Waals surface area contributed by atoms with E-state index >= 15 is 0 Å². The minimum atomic E-state index is -4.64. The zero-order valence-corrected chi connectivity index (χ0v) is 24.2. The van der Waals surface area contributed by atoms with E-state index in [4.69, 9.17) is 39.9 Å². The second-order valence-corrected chi connectivity index (χ2v) is 10.2. The fourth-order valence-corrected chi connectivity index (χ4v) is 3.77. The Kier molecular flexibility index (Phi) is 12.4. The molecule has 0 aliphatic carbocycles. The van der Waals surface area contributed by atoms with Crippen LogP contribution in [0.2, 0.25) is 0 Å². The first-order valence-electron chi connectivity index (χ1n) is 12.4. The predicted octanol–water partition coefficient (Wildman–Crippen LogP) is 4.29. The second-order valence-electron chi connectivity index (χ2n) is 8.78. The van der Waals surface area contributed by atoms with E-state index in [1.165, 1.54) is 72.8 Å². The maximum atomic E-state index is 10.8. The molecule has 0 spiro atoms. The summed E-state index contributed by atoms with van der Waals surface area (Å²) < 4.78 is 35.7. The fourth-order valence-electron chi connectivity index (χ4n) is 3.22. The van der Waals surface area contributed by atoms with Crippen LogP contribution < -0.4 is 4.74 Å². The average Bonchev–Trinajstić information content (AvgIpc) is 3.01. The summed E-state index contributed by atoms with van der Waals surface area (Å²) in [5.74, 6) is -6.16. The highest BCUT2D eigenvalue weighted by atomic mass is 32.2. The van der Waals surface area contributed by atoms with Crippen molar-refractivity contribution in [1.29, 1.82) is 0 Å². The number of hydrogen-bond donors (Lipinski definition) is 7. The molecular formula is C30H22O16S. The van der Waals surface area contributed by atoms with Crippen LogP contribution in [0, 0.1) is 0 Å². The summed E-state index contributed by atoms with van der Waals surface area (Å²) >= 11 is 0. The summed E-state index contributed by atoms with van der Waals surface area (Å²) in [4.78, 5) is 62.4. The highest BCUT2D eigenvalue weighted by Gasteiger charge is 2.17. The van der Waals surface area contributed by atoms with Crippen LogP contribution in [0.25, 0.3) is 0 Å². The summed E-state index contributed by atoms with van der Waals surface area (Å²) in [6.07, 6.45) is 0. The number of hydrogen-bond acceptors (Lipinski definition) is 9. The van der Waals surface area contributed by atoms with Gasteiger partial charge >= 0.3 is 35.8 Å². The SMILES string of the molecule is O=C(O)c1cc(C(=O)O)cc(S(=O)(=O)O)c1.O=C(O)c1ccc(C(=O)O)cc1.O=C(O)c1ccc(Oc2ccc(C(=O)O)cc2)cc1. The molecule has 47 heavy (non-hydrogen) atoms. The van der Waals surface area contributed by atoms with Crippen LogP contribution in [0.3, 0.4) is 0 Å². The summed E-state index contributed by atoms with van der Waals surface area (Å²) in [5, 5.41) is 51.7. The zero-order chi connectivity index (χ0) is 35.5. The summed E-state index contributed by atoms with van der Waals surface area (Å²) in [6.45, 7) is 0. The minimum absolute atomic E-state index is 0.0833. The topological polar surface area (TPSA) is 287 Å². The van der Waals surface area contributed by atoms with Gasteiger partial charge in [0.1, 0.15) is 11.5 Å². The van der Waals surface area contributed by atoms with Crippen molar-refractivity contribution in [2.75, 3.05) is 0 Å². The van der Waals surface area contributed by atoms with Crippen molar-refractivity contribution in [1.82, 2.24) is 0 Å². The number of ether oxygens (including phenoxy) is 1. The quantitative estimate of drug-likeness (QED) is 0.122. The highest BCUT2D eigenvalue weighted by molar-refractivity contribution is 7.85. The van der Waals surface area contributed by atoms with Gasteiger partial charge in [0.15, 0.2) is 0 Å². The van der Waals surface area contributed by atoms with Crippen LogP contribution in [-0.2, 0) is 10.1 Å². The normalized spacial score (nSPS) is 10.1. The Labute approximate surface area is 263 Å². The van der Waals surface area contributed by atoms with Crippen molar-refractivity contribution >= 4 is 45.9 Å². The van der Waals surface area contributed by atoms with Crippen LogP contribution in [0.15, 0.2) is 95.9 Å². The lowest BCUT2D eigenvalue weighted by atomic mass is 10.1. The Balaban J connectivity index is 0.000000252. The molecule has 16 nitrogen and oxygen atoms in total. The predicted molar refractivity (Wildman–Crippen MR) is 157 cm³/mol. The molecule has 0 saturated carbocycles. The minimum Gasteiger partial charge on any atom is -0.478 e. The average molecular weight is 671 g/mol. The number of carboxylic acids is 6. The van der Waals surface area contributed by atoms with Gasteiger partial charge in [-0.2, -0.15) is 8.42 Å². The smallest absolute Gasteiger partial charge is 0.335 e. The molecule has 17 heteroatoms. The lowest BCUT2D eigenvalue weighted by molar-refractivity contribution is 0.0679. The highest BCUT2D eigenvalue weighted by Crippen LogP contribution is 2.22. The number of carbonyl (C=O) groups is 6. The van der Waals surface area contributed by atoms with Crippen LogP contribution in [-0.4, -0.2) is 79.4 Å². The lowest BCUT2D eigenvalue weighted by Gasteiger charge is -2.06. The van der Waals surface area contributed by atoms with E-state index in [-0.39, 0.29) is 22.3 Å². The van der Waals surface area contributed by atoms with Gasteiger partial charge in [-0.1, -0.05) is 0 Å². The number of rotatable bonds is 9. The van der Waals surface area contributed by atoms with Gasteiger partial charge in [-0.05, 0) is 91.0 Å². The van der Waals surface area contributed by atoms with Gasteiger partial charge in [0.25, 0.3) is 10.1 Å². The van der Waals surface area contributed by atoms with Crippen molar-refractivity contribution < 1.29 is 77.1 Å². The Hall–Kier alpha value is -6.59. The molecule has 4 aromatic carbocycles. The molecule has 0 radical (unpaired) electrons. The molecule has 4 aromatic rings. The Morgan fingerprint density at radius 2 is 0.638 bits per heavy atom. The van der Waals surface area contributed by atoms with Gasteiger partial charge in [-0.15, -0.1) is 0 Å². The second kappa shape index (κ2) is 15.9. The molecule has 0 atom stereocenters. The maximum Gasteiger partial charge on any atom is 0.335 e. The molecule has 4 rings (SSSR count). The van der Waals surface area contributed by atoms with E-state index in [1.807, 2.05) is 0 Å². The molecule has 0 aliphatic heterocycles. The molecule has 244 valence electrons. The molecule has 0 unspecified atom stereocenters. The first-order chi connectivity index (χ1) is 21.9. The van der Waals surface area contributed by atoms with E-state index < -0.39 is 62.0 Å². The Morgan fingerprint density at radius 1 is 0.404 bits per heavy atom. The standard InChI is InChI=1S/C14H10O5.C8H6O7S.C8H6O4/c15-13(16)9-1-5-11(6-2-9)19-12-7-3-10(4-8-12)14(17)18;9-7(10)4-1-5(8(11)12)3-6(2-4)16(13,14)15;9-7(10)5-1-2-6(4-3-5)8(11)12/h1-8H,(H,15,16)(H,17,18);1-3H,(H,9,10)(H,11,12)(H,13,14,15);1-4H,(H,9,10)(H,11,12). The number of carboxylic acid groups (broad SMARTS) is 6. The van der Waals surface area contributed by atoms with Gasteiger partial charge in [-0.25, -0.2) is 28.8 Å². The van der Waals surface area contributed by atoms with Crippen LogP contribution in [0.5, 0.6) is 11.5 Å². The van der Waals surface area contributed by atoms with Crippen molar-refractivity contribution in [3.8, 4) is 11.5 Å². The molecule has 0 bridgehead atoms. The lowest BCUT2D eigenvalue weighted by Crippen LogP contribution is -2.07. The monoisotopic (exact) mass is 670 g/mol. The zero-order valence-electron chi connectivity index (χ0n) is 23.4. The van der Waals surface area contributed by atoms with E-state index in [1.54, 1.807) is 0 Å². The summed E-state index contributed by atoms with van der Waals surface area (Å²) in [6, 6.07) is 19.0. The first kappa shape index (κ1) is 36.6. The third kappa shape index (κ3) is 11.4. The molecule has 0 aromatic heterocycles. The third-order valence-corrected chi connectivity index (χ3v) is 6.35. The van der Waals surface area contributed by atoms with Crippen LogP contribution in [0.4, 0.5) is 0 Å². The summed E-state index contributed by atoms with van der Waals surface area (Å²) in [7, 11) is -4.64. The van der Waals surface area contributed by atoms with Crippen LogP contribution in [0.1, 0.15) is 62.1 Å². The van der Waals surface area contributed by atoms with Gasteiger partial charge < -0.3 is 35.4 Å². The van der Waals surface area contributed by atoms with E-state index in [2.05, 4.69) is 0 Å². The molecule has 0 amide bonds. The number of aromatic carboxylic acids is 6. The van der Waals surface area contributed by atoms with Crippen molar-refractivity contribution in [3.05, 3.63) is 124 Å². The fraction of sp³-hybridized carbons (Fsp3) is 0. The Morgan fingerprint density at radius 3 is 0.851 bits per heavy atom. The molecule has 0 saturated heterocycles. The van der Waals surface area contributed by atoms with Crippen molar-refractivity contribution in [2.24, 2.45) is 0 Å². The van der Waals surface area contributed by atoms with Gasteiger partial charge in [0.05, 0.1) is 38.3 Å². The van der Waals surface area contributed by atoms with E-state index in [0.29, 0.717) is 23.6 Å².